The van der Waals surface area contributed by atoms with Crippen LogP contribution in [0.3, 0.4) is 0 Å². The molecule has 3 rings (SSSR count). The molecule has 3 aromatic rings. The summed E-state index contributed by atoms with van der Waals surface area (Å²) in [6.07, 6.45) is 0. The van der Waals surface area contributed by atoms with E-state index in [4.69, 9.17) is 4.74 Å². The number of aromatic nitrogens is 1. The molecule has 1 aromatic heterocycles. The van der Waals surface area contributed by atoms with E-state index in [9.17, 15) is 0 Å². The van der Waals surface area contributed by atoms with Crippen LogP contribution in [0.15, 0.2) is 42.5 Å². The van der Waals surface area contributed by atoms with Crippen LogP contribution in [0.1, 0.15) is 0 Å². The van der Waals surface area contributed by atoms with Crippen LogP contribution in [0.5, 0.6) is 5.75 Å². The molecule has 0 saturated heterocycles. The van der Waals surface area contributed by atoms with Gasteiger partial charge in [-0.15, -0.1) is 11.3 Å². The third kappa shape index (κ3) is 1.78. The monoisotopic (exact) mass is 240 g/mol. The van der Waals surface area contributed by atoms with Gasteiger partial charge in [0, 0.05) is 0 Å². The summed E-state index contributed by atoms with van der Waals surface area (Å²) < 4.78 is 6.53. The quantitative estimate of drug-likeness (QED) is 0.680. The van der Waals surface area contributed by atoms with E-state index in [1.54, 1.807) is 18.4 Å². The van der Waals surface area contributed by atoms with Crippen molar-refractivity contribution in [3.8, 4) is 16.3 Å². The minimum atomic E-state index is 0.857. The van der Waals surface area contributed by atoms with Gasteiger partial charge >= 0.3 is 0 Å². The van der Waals surface area contributed by atoms with E-state index in [1.807, 2.05) is 42.5 Å². The third-order valence-electron chi connectivity index (χ3n) is 2.57. The molecule has 0 spiro atoms. The van der Waals surface area contributed by atoms with Gasteiger partial charge in [-0.05, 0) is 30.3 Å². The summed E-state index contributed by atoms with van der Waals surface area (Å²) in [5, 5.41) is 0.983. The smallest absolute Gasteiger partial charge is 0.129 e. The number of hydrogen-bond donors (Lipinski definition) is 0. The summed E-state index contributed by atoms with van der Waals surface area (Å²) in [5.41, 5.74) is 2.02. The van der Waals surface area contributed by atoms with Crippen LogP contribution in [-0.2, 0) is 0 Å². The largest absolute Gasteiger partial charge is 0.496 e. The Morgan fingerprint density at radius 3 is 2.94 bits per heavy atom. The Bertz CT molecular complexity index is 627. The van der Waals surface area contributed by atoms with Gasteiger partial charge in [0.15, 0.2) is 0 Å². The van der Waals surface area contributed by atoms with E-state index in [0.29, 0.717) is 0 Å². The van der Waals surface area contributed by atoms with Crippen molar-refractivity contribution in [1.82, 2.24) is 4.98 Å². The number of rotatable bonds is 2. The van der Waals surface area contributed by atoms with E-state index >= 15 is 0 Å². The minimum absolute atomic E-state index is 0.857. The topological polar surface area (TPSA) is 22.1 Å². The molecule has 0 fully saturated rings. The molecule has 0 N–H and O–H groups in total. The first-order valence-corrected chi connectivity index (χ1v) is 6.10. The maximum absolute atomic E-state index is 5.35. The highest BCUT2D eigenvalue weighted by Crippen LogP contribution is 2.35. The van der Waals surface area contributed by atoms with Crippen LogP contribution in [0.25, 0.3) is 20.8 Å². The zero-order valence-corrected chi connectivity index (χ0v) is 10.1. The molecule has 3 heteroatoms. The molecule has 0 atom stereocenters. The lowest BCUT2D eigenvalue weighted by molar-refractivity contribution is 0.416. The fourth-order valence-electron chi connectivity index (χ4n) is 1.75. The number of para-hydroxylation sites is 1. The minimum Gasteiger partial charge on any atom is -0.496 e. The molecule has 0 saturated carbocycles. The summed E-state index contributed by atoms with van der Waals surface area (Å²) >= 11 is 1.67. The van der Waals surface area contributed by atoms with Gasteiger partial charge in [-0.1, -0.05) is 18.2 Å². The van der Waals surface area contributed by atoms with Crippen molar-refractivity contribution in [1.29, 1.82) is 0 Å². The molecule has 2 aromatic carbocycles. The van der Waals surface area contributed by atoms with Crippen molar-refractivity contribution in [2.75, 3.05) is 7.11 Å². The van der Waals surface area contributed by atoms with E-state index in [-0.39, 0.29) is 0 Å². The van der Waals surface area contributed by atoms with E-state index < -0.39 is 0 Å². The van der Waals surface area contributed by atoms with Crippen molar-refractivity contribution in [2.24, 2.45) is 0 Å². The van der Waals surface area contributed by atoms with Crippen molar-refractivity contribution in [2.45, 2.75) is 0 Å². The van der Waals surface area contributed by atoms with E-state index in [1.165, 1.54) is 4.70 Å². The predicted molar refractivity (Wildman–Crippen MR) is 70.4 cm³/mol. The predicted octanol–water partition coefficient (Wildman–Crippen LogP) is 3.77. The second-order valence-electron chi connectivity index (χ2n) is 3.61. The first-order chi connectivity index (χ1) is 8.38. The molecule has 1 radical (unpaired) electrons. The highest BCUT2D eigenvalue weighted by Gasteiger charge is 2.09. The van der Waals surface area contributed by atoms with Gasteiger partial charge in [0.25, 0.3) is 0 Å². The van der Waals surface area contributed by atoms with E-state index in [0.717, 1.165) is 21.8 Å². The van der Waals surface area contributed by atoms with Crippen LogP contribution >= 0.6 is 11.3 Å². The Morgan fingerprint density at radius 1 is 1.24 bits per heavy atom. The van der Waals surface area contributed by atoms with Gasteiger partial charge in [-0.25, -0.2) is 4.98 Å². The zero-order valence-electron chi connectivity index (χ0n) is 9.31. The molecule has 0 bridgehead atoms. The van der Waals surface area contributed by atoms with Crippen molar-refractivity contribution in [3.63, 3.8) is 0 Å². The Morgan fingerprint density at radius 2 is 2.12 bits per heavy atom. The molecule has 0 aliphatic heterocycles. The van der Waals surface area contributed by atoms with Crippen LogP contribution in [0, 0.1) is 6.07 Å². The molecule has 0 aliphatic rings. The van der Waals surface area contributed by atoms with Crippen molar-refractivity contribution >= 4 is 21.6 Å². The number of fused-ring (bicyclic) bond motifs is 1. The molecule has 0 amide bonds. The third-order valence-corrected chi connectivity index (χ3v) is 3.64. The average molecular weight is 240 g/mol. The summed E-state index contributed by atoms with van der Waals surface area (Å²) in [6.45, 7) is 0. The van der Waals surface area contributed by atoms with Crippen LogP contribution < -0.4 is 4.74 Å². The number of benzene rings is 2. The molecule has 2 nitrogen and oxygen atoms in total. The zero-order chi connectivity index (χ0) is 11.7. The van der Waals surface area contributed by atoms with Crippen molar-refractivity contribution in [3.05, 3.63) is 48.5 Å². The summed E-state index contributed by atoms with van der Waals surface area (Å²) in [5.74, 6) is 0.857. The van der Waals surface area contributed by atoms with Gasteiger partial charge in [-0.2, -0.15) is 0 Å². The highest BCUT2D eigenvalue weighted by atomic mass is 32.1. The Labute approximate surface area is 104 Å². The SMILES string of the molecule is COc1ccccc1-c1nc2c[c]ccc2s1. The number of hydrogen-bond acceptors (Lipinski definition) is 3. The summed E-state index contributed by atoms with van der Waals surface area (Å²) in [4.78, 5) is 4.60. The fourth-order valence-corrected chi connectivity index (χ4v) is 2.73. The average Bonchev–Trinajstić information content (AvgIpc) is 2.82. The number of thiazole rings is 1. The molecule has 83 valence electrons. The van der Waals surface area contributed by atoms with Crippen LogP contribution in [-0.4, -0.2) is 12.1 Å². The standard InChI is InChI=1S/C14H10NOS/c1-16-12-8-4-2-6-10(12)14-15-11-7-3-5-9-13(11)17-14/h2,4-9H,1H3. The van der Waals surface area contributed by atoms with Crippen LogP contribution in [0.2, 0.25) is 0 Å². The fraction of sp³-hybridized carbons (Fsp3) is 0.0714. The summed E-state index contributed by atoms with van der Waals surface area (Å²) in [7, 11) is 1.68. The second-order valence-corrected chi connectivity index (χ2v) is 4.64. The lowest BCUT2D eigenvalue weighted by atomic mass is 10.2. The molecular weight excluding hydrogens is 230 g/mol. The first kappa shape index (κ1) is 10.3. The Balaban J connectivity index is 2.20. The maximum Gasteiger partial charge on any atom is 0.129 e. The molecule has 1 heterocycles. The molecule has 0 unspecified atom stereocenters. The van der Waals surface area contributed by atoms with Gasteiger partial charge < -0.3 is 4.74 Å². The first-order valence-electron chi connectivity index (χ1n) is 5.28. The van der Waals surface area contributed by atoms with Gasteiger partial charge in [0.1, 0.15) is 10.8 Å². The number of methoxy groups -OCH3 is 1. The van der Waals surface area contributed by atoms with Gasteiger partial charge in [-0.3, -0.25) is 0 Å². The van der Waals surface area contributed by atoms with Crippen molar-refractivity contribution < 1.29 is 4.74 Å². The lowest BCUT2D eigenvalue weighted by Gasteiger charge is -2.04. The van der Waals surface area contributed by atoms with Gasteiger partial charge in [0.05, 0.1) is 22.9 Å². The molecular formula is C14H10NOS. The number of ether oxygens (including phenoxy) is 1. The molecule has 17 heavy (non-hydrogen) atoms. The lowest BCUT2D eigenvalue weighted by Crippen LogP contribution is -1.86. The van der Waals surface area contributed by atoms with Crippen LogP contribution in [0.4, 0.5) is 0 Å². The number of nitrogens with zero attached hydrogens (tertiary/aromatic N) is 1. The highest BCUT2D eigenvalue weighted by molar-refractivity contribution is 7.21. The normalized spacial score (nSPS) is 10.6. The van der Waals surface area contributed by atoms with Gasteiger partial charge in [0.2, 0.25) is 0 Å². The summed E-state index contributed by atoms with van der Waals surface area (Å²) in [6, 6.07) is 16.8. The maximum atomic E-state index is 5.35. The Hall–Kier alpha value is -1.87. The Kier molecular flexibility index (Phi) is 2.53. The molecule has 0 aliphatic carbocycles. The van der Waals surface area contributed by atoms with E-state index in [2.05, 4.69) is 11.1 Å². The second kappa shape index (κ2) is 4.18.